The largest absolute Gasteiger partial charge is 0.349 e. The number of nitrogens with one attached hydrogen (secondary N) is 2. The Labute approximate surface area is 124 Å². The van der Waals surface area contributed by atoms with Crippen LogP contribution in [-0.2, 0) is 0 Å². The van der Waals surface area contributed by atoms with Crippen LogP contribution in [0.4, 0.5) is 0 Å². The lowest BCUT2D eigenvalue weighted by atomic mass is 10.0. The van der Waals surface area contributed by atoms with Gasteiger partial charge < -0.3 is 10.3 Å². The van der Waals surface area contributed by atoms with Crippen molar-refractivity contribution in [3.8, 4) is 11.1 Å². The molecule has 0 bridgehead atoms. The van der Waals surface area contributed by atoms with Gasteiger partial charge in [0.2, 0.25) is 0 Å². The minimum absolute atomic E-state index is 0.0402. The maximum absolute atomic E-state index is 12.2. The standard InChI is InChI=1S/C17H20N2O2/c1-4-11(2)18-16(20)15-10-14(12(3)19-17(15)21)13-8-6-5-7-9-13/h5-11H,4H2,1-3H3,(H,18,20)(H,19,21)/t11-/m1/s1. The predicted molar refractivity (Wildman–Crippen MR) is 84.5 cm³/mol. The molecule has 4 heteroatoms. The van der Waals surface area contributed by atoms with E-state index >= 15 is 0 Å². The van der Waals surface area contributed by atoms with Crippen LogP contribution < -0.4 is 10.9 Å². The number of carbonyl (C=O) groups excluding carboxylic acids is 1. The third kappa shape index (κ3) is 3.40. The van der Waals surface area contributed by atoms with Crippen molar-refractivity contribution in [1.82, 2.24) is 10.3 Å². The predicted octanol–water partition coefficient (Wildman–Crippen LogP) is 2.88. The lowest BCUT2D eigenvalue weighted by Gasteiger charge is -2.12. The molecule has 0 aliphatic rings. The Bertz CT molecular complexity index is 690. The summed E-state index contributed by atoms with van der Waals surface area (Å²) in [5.74, 6) is -0.331. The molecule has 0 aliphatic heterocycles. The fourth-order valence-corrected chi connectivity index (χ4v) is 2.11. The number of carbonyl (C=O) groups is 1. The Morgan fingerprint density at radius 2 is 1.95 bits per heavy atom. The SMILES string of the molecule is CC[C@@H](C)NC(=O)c1cc(-c2ccccc2)c(C)[nH]c1=O. The van der Waals surface area contributed by atoms with E-state index in [1.165, 1.54) is 0 Å². The summed E-state index contributed by atoms with van der Waals surface area (Å²) in [6, 6.07) is 11.4. The highest BCUT2D eigenvalue weighted by molar-refractivity contribution is 5.95. The van der Waals surface area contributed by atoms with Crippen LogP contribution in [0.3, 0.4) is 0 Å². The zero-order valence-corrected chi connectivity index (χ0v) is 12.6. The molecule has 1 aromatic heterocycles. The average Bonchev–Trinajstić information content (AvgIpc) is 2.47. The number of aromatic nitrogens is 1. The van der Waals surface area contributed by atoms with Crippen LogP contribution >= 0.6 is 0 Å². The normalized spacial score (nSPS) is 12.0. The maximum atomic E-state index is 12.2. The Morgan fingerprint density at radius 1 is 1.29 bits per heavy atom. The molecule has 21 heavy (non-hydrogen) atoms. The number of benzene rings is 1. The molecular weight excluding hydrogens is 264 g/mol. The number of rotatable bonds is 4. The van der Waals surface area contributed by atoms with Crippen molar-refractivity contribution in [2.75, 3.05) is 0 Å². The summed E-state index contributed by atoms with van der Waals surface area (Å²) in [5, 5.41) is 2.83. The lowest BCUT2D eigenvalue weighted by Crippen LogP contribution is -2.35. The van der Waals surface area contributed by atoms with Crippen molar-refractivity contribution < 1.29 is 4.79 Å². The van der Waals surface area contributed by atoms with Crippen molar-refractivity contribution in [2.45, 2.75) is 33.2 Å². The Morgan fingerprint density at radius 3 is 2.57 bits per heavy atom. The molecule has 0 fully saturated rings. The van der Waals surface area contributed by atoms with E-state index in [0.717, 1.165) is 23.2 Å². The molecule has 2 aromatic rings. The first-order valence-corrected chi connectivity index (χ1v) is 7.13. The quantitative estimate of drug-likeness (QED) is 0.907. The number of aryl methyl sites for hydroxylation is 1. The van der Waals surface area contributed by atoms with E-state index in [4.69, 9.17) is 0 Å². The van der Waals surface area contributed by atoms with Crippen molar-refractivity contribution in [2.24, 2.45) is 0 Å². The highest BCUT2D eigenvalue weighted by atomic mass is 16.2. The van der Waals surface area contributed by atoms with Gasteiger partial charge in [-0.25, -0.2) is 0 Å². The number of aromatic amines is 1. The van der Waals surface area contributed by atoms with Crippen LogP contribution in [0.15, 0.2) is 41.2 Å². The monoisotopic (exact) mass is 284 g/mol. The van der Waals surface area contributed by atoms with E-state index in [1.54, 1.807) is 6.07 Å². The Balaban J connectivity index is 2.44. The van der Waals surface area contributed by atoms with Gasteiger partial charge in [0.15, 0.2) is 0 Å². The Hall–Kier alpha value is -2.36. The van der Waals surface area contributed by atoms with Gasteiger partial charge in [-0.1, -0.05) is 37.3 Å². The van der Waals surface area contributed by atoms with Crippen LogP contribution in [0.1, 0.15) is 36.3 Å². The van der Waals surface area contributed by atoms with Gasteiger partial charge >= 0.3 is 0 Å². The number of H-pyrrole nitrogens is 1. The average molecular weight is 284 g/mol. The lowest BCUT2D eigenvalue weighted by molar-refractivity contribution is 0.0938. The number of amides is 1. The summed E-state index contributed by atoms with van der Waals surface area (Å²) in [6.07, 6.45) is 0.820. The number of hydrogen-bond acceptors (Lipinski definition) is 2. The molecule has 0 saturated carbocycles. The van der Waals surface area contributed by atoms with Crippen LogP contribution in [0, 0.1) is 6.92 Å². The molecule has 0 aliphatic carbocycles. The van der Waals surface area contributed by atoms with E-state index in [-0.39, 0.29) is 23.1 Å². The van der Waals surface area contributed by atoms with Gasteiger partial charge in [-0.05, 0) is 31.9 Å². The molecule has 0 saturated heterocycles. The summed E-state index contributed by atoms with van der Waals surface area (Å²) in [5.41, 5.74) is 2.40. The molecule has 1 amide bonds. The van der Waals surface area contributed by atoms with Crippen LogP contribution in [-0.4, -0.2) is 16.9 Å². The van der Waals surface area contributed by atoms with E-state index < -0.39 is 0 Å². The first-order chi connectivity index (χ1) is 10.0. The summed E-state index contributed by atoms with van der Waals surface area (Å²) in [4.78, 5) is 27.0. The molecule has 110 valence electrons. The minimum Gasteiger partial charge on any atom is -0.349 e. The summed E-state index contributed by atoms with van der Waals surface area (Å²) in [7, 11) is 0. The molecule has 4 nitrogen and oxygen atoms in total. The second-order valence-electron chi connectivity index (χ2n) is 5.20. The van der Waals surface area contributed by atoms with Crippen LogP contribution in [0.2, 0.25) is 0 Å². The number of hydrogen-bond donors (Lipinski definition) is 2. The Kier molecular flexibility index (Phi) is 4.58. The summed E-state index contributed by atoms with van der Waals surface area (Å²) < 4.78 is 0. The van der Waals surface area contributed by atoms with Crippen molar-refractivity contribution in [3.63, 3.8) is 0 Å². The highest BCUT2D eigenvalue weighted by Gasteiger charge is 2.15. The molecule has 1 heterocycles. The van der Waals surface area contributed by atoms with E-state index in [9.17, 15) is 9.59 Å². The fourth-order valence-electron chi connectivity index (χ4n) is 2.11. The summed E-state index contributed by atoms with van der Waals surface area (Å²) >= 11 is 0. The molecule has 0 unspecified atom stereocenters. The van der Waals surface area contributed by atoms with Crippen molar-refractivity contribution >= 4 is 5.91 Å². The minimum atomic E-state index is -0.354. The highest BCUT2D eigenvalue weighted by Crippen LogP contribution is 2.21. The smallest absolute Gasteiger partial charge is 0.261 e. The molecule has 1 aromatic carbocycles. The maximum Gasteiger partial charge on any atom is 0.261 e. The van der Waals surface area contributed by atoms with Gasteiger partial charge in [-0.15, -0.1) is 0 Å². The summed E-state index contributed by atoms with van der Waals surface area (Å²) in [6.45, 7) is 5.73. The molecular formula is C17H20N2O2. The van der Waals surface area contributed by atoms with Gasteiger partial charge in [-0.3, -0.25) is 9.59 Å². The molecule has 2 N–H and O–H groups in total. The topological polar surface area (TPSA) is 62.0 Å². The fraction of sp³-hybridized carbons (Fsp3) is 0.294. The second kappa shape index (κ2) is 6.39. The van der Waals surface area contributed by atoms with Gasteiger partial charge in [0.1, 0.15) is 5.56 Å². The van der Waals surface area contributed by atoms with Gasteiger partial charge in [0.25, 0.3) is 11.5 Å². The zero-order valence-electron chi connectivity index (χ0n) is 12.6. The van der Waals surface area contributed by atoms with Crippen LogP contribution in [0.5, 0.6) is 0 Å². The molecule has 0 radical (unpaired) electrons. The van der Waals surface area contributed by atoms with Gasteiger partial charge in [-0.2, -0.15) is 0 Å². The van der Waals surface area contributed by atoms with E-state index in [1.807, 2.05) is 51.1 Å². The first kappa shape index (κ1) is 15.0. The van der Waals surface area contributed by atoms with E-state index in [2.05, 4.69) is 10.3 Å². The van der Waals surface area contributed by atoms with Gasteiger partial charge in [0.05, 0.1) is 0 Å². The van der Waals surface area contributed by atoms with Gasteiger partial charge in [0, 0.05) is 17.3 Å². The molecule has 2 rings (SSSR count). The third-order valence-corrected chi connectivity index (χ3v) is 3.56. The third-order valence-electron chi connectivity index (χ3n) is 3.56. The number of pyridine rings is 1. The second-order valence-corrected chi connectivity index (χ2v) is 5.20. The first-order valence-electron chi connectivity index (χ1n) is 7.13. The zero-order chi connectivity index (χ0) is 15.4. The van der Waals surface area contributed by atoms with Crippen molar-refractivity contribution in [3.05, 3.63) is 58.0 Å². The van der Waals surface area contributed by atoms with Crippen LogP contribution in [0.25, 0.3) is 11.1 Å². The molecule has 1 atom stereocenters. The molecule has 0 spiro atoms. The van der Waals surface area contributed by atoms with E-state index in [0.29, 0.717) is 0 Å². The van der Waals surface area contributed by atoms with Crippen molar-refractivity contribution in [1.29, 1.82) is 0 Å².